The molecule has 1 heterocycles. The summed E-state index contributed by atoms with van der Waals surface area (Å²) in [5.74, 6) is -0.642. The van der Waals surface area contributed by atoms with Gasteiger partial charge in [-0.2, -0.15) is 12.7 Å². The first-order valence-corrected chi connectivity index (χ1v) is 7.73. The summed E-state index contributed by atoms with van der Waals surface area (Å²) in [5, 5.41) is 0. The summed E-state index contributed by atoms with van der Waals surface area (Å²) in [4.78, 5) is 11.7. The van der Waals surface area contributed by atoms with Crippen LogP contribution in [-0.2, 0) is 15.0 Å². The summed E-state index contributed by atoms with van der Waals surface area (Å²) < 4.78 is 27.3. The lowest BCUT2D eigenvalue weighted by atomic mass is 10.1. The van der Waals surface area contributed by atoms with E-state index in [0.29, 0.717) is 19.5 Å². The van der Waals surface area contributed by atoms with Crippen LogP contribution in [0.2, 0.25) is 0 Å². The van der Waals surface area contributed by atoms with Crippen LogP contribution in [0.1, 0.15) is 46.0 Å². The quantitative estimate of drug-likeness (QED) is 0.811. The molecule has 1 fully saturated rings. The molecule has 100 valence electrons. The van der Waals surface area contributed by atoms with Gasteiger partial charge in [-0.25, -0.2) is 4.72 Å². The van der Waals surface area contributed by atoms with Crippen LogP contribution in [0, 0.1) is 5.92 Å². The summed E-state index contributed by atoms with van der Waals surface area (Å²) in [5.41, 5.74) is 0. The standard InChI is InChI=1S/C11H22N2O3S/c1-3-7-10(2)11(14)12-17(15,16)13-8-5-4-6-9-13/h10H,3-9H2,1-2H3,(H,12,14). The highest BCUT2D eigenvalue weighted by Gasteiger charge is 2.27. The van der Waals surface area contributed by atoms with Crippen LogP contribution in [0.3, 0.4) is 0 Å². The molecule has 0 aromatic carbocycles. The lowest BCUT2D eigenvalue weighted by Crippen LogP contribution is -2.47. The second-order valence-corrected chi connectivity index (χ2v) is 6.29. The van der Waals surface area contributed by atoms with E-state index in [1.165, 1.54) is 4.31 Å². The smallest absolute Gasteiger partial charge is 0.274 e. The third-order valence-electron chi connectivity index (χ3n) is 3.05. The van der Waals surface area contributed by atoms with Gasteiger partial charge in [-0.1, -0.05) is 26.7 Å². The Morgan fingerprint density at radius 1 is 1.29 bits per heavy atom. The summed E-state index contributed by atoms with van der Waals surface area (Å²) in [6, 6.07) is 0. The molecule has 1 atom stereocenters. The highest BCUT2D eigenvalue weighted by atomic mass is 32.2. The van der Waals surface area contributed by atoms with Gasteiger partial charge < -0.3 is 0 Å². The maximum atomic E-state index is 11.9. The Morgan fingerprint density at radius 2 is 1.88 bits per heavy atom. The molecular weight excluding hydrogens is 240 g/mol. The van der Waals surface area contributed by atoms with Crippen molar-refractivity contribution in [1.82, 2.24) is 9.03 Å². The molecule has 0 saturated carbocycles. The van der Waals surface area contributed by atoms with E-state index in [4.69, 9.17) is 0 Å². The number of rotatable bonds is 5. The van der Waals surface area contributed by atoms with Crippen molar-refractivity contribution >= 4 is 16.1 Å². The van der Waals surface area contributed by atoms with E-state index in [1.54, 1.807) is 6.92 Å². The van der Waals surface area contributed by atoms with Crippen molar-refractivity contribution in [3.63, 3.8) is 0 Å². The van der Waals surface area contributed by atoms with Crippen molar-refractivity contribution in [2.45, 2.75) is 46.0 Å². The molecule has 0 radical (unpaired) electrons. The van der Waals surface area contributed by atoms with Gasteiger partial charge in [0.1, 0.15) is 0 Å². The van der Waals surface area contributed by atoms with Crippen LogP contribution in [0.15, 0.2) is 0 Å². The molecule has 0 aromatic heterocycles. The molecule has 17 heavy (non-hydrogen) atoms. The fourth-order valence-corrected chi connectivity index (χ4v) is 3.29. The summed E-state index contributed by atoms with van der Waals surface area (Å²) >= 11 is 0. The Kier molecular flexibility index (Phi) is 5.39. The fraction of sp³-hybridized carbons (Fsp3) is 0.909. The molecule has 1 rings (SSSR count). The molecule has 6 heteroatoms. The Balaban J connectivity index is 2.56. The number of piperidine rings is 1. The second-order valence-electron chi connectivity index (χ2n) is 4.62. The molecule has 0 bridgehead atoms. The van der Waals surface area contributed by atoms with Gasteiger partial charge >= 0.3 is 10.2 Å². The van der Waals surface area contributed by atoms with Gasteiger partial charge in [0.2, 0.25) is 5.91 Å². The number of hydrogen-bond acceptors (Lipinski definition) is 3. The largest absolute Gasteiger partial charge is 0.303 e. The van der Waals surface area contributed by atoms with Crippen LogP contribution >= 0.6 is 0 Å². The number of nitrogens with one attached hydrogen (secondary N) is 1. The van der Waals surface area contributed by atoms with Crippen molar-refractivity contribution in [3.8, 4) is 0 Å². The molecule has 1 aliphatic rings. The average molecular weight is 262 g/mol. The molecule has 1 unspecified atom stereocenters. The zero-order valence-electron chi connectivity index (χ0n) is 10.6. The van der Waals surface area contributed by atoms with Crippen molar-refractivity contribution < 1.29 is 13.2 Å². The summed E-state index contributed by atoms with van der Waals surface area (Å²) in [6.07, 6.45) is 4.39. The zero-order valence-corrected chi connectivity index (χ0v) is 11.4. The van der Waals surface area contributed by atoms with Crippen molar-refractivity contribution in [3.05, 3.63) is 0 Å². The van der Waals surface area contributed by atoms with E-state index in [1.807, 2.05) is 6.92 Å². The summed E-state index contributed by atoms with van der Waals surface area (Å²) in [6.45, 7) is 4.77. The first-order chi connectivity index (χ1) is 7.97. The van der Waals surface area contributed by atoms with Crippen LogP contribution in [-0.4, -0.2) is 31.7 Å². The van der Waals surface area contributed by atoms with Crippen LogP contribution in [0.4, 0.5) is 0 Å². The van der Waals surface area contributed by atoms with Crippen molar-refractivity contribution in [2.24, 2.45) is 5.92 Å². The predicted octanol–water partition coefficient (Wildman–Crippen LogP) is 1.27. The SMILES string of the molecule is CCCC(C)C(=O)NS(=O)(=O)N1CCCCC1. The van der Waals surface area contributed by atoms with Crippen molar-refractivity contribution in [2.75, 3.05) is 13.1 Å². The lowest BCUT2D eigenvalue weighted by molar-refractivity contribution is -0.122. The highest BCUT2D eigenvalue weighted by Crippen LogP contribution is 2.13. The van der Waals surface area contributed by atoms with Gasteiger partial charge in [-0.05, 0) is 19.3 Å². The third-order valence-corrected chi connectivity index (χ3v) is 4.56. The second kappa shape index (κ2) is 6.35. The van der Waals surface area contributed by atoms with Crippen LogP contribution in [0.5, 0.6) is 0 Å². The minimum Gasteiger partial charge on any atom is -0.274 e. The molecule has 5 nitrogen and oxygen atoms in total. The number of nitrogens with zero attached hydrogens (tertiary/aromatic N) is 1. The minimum absolute atomic E-state index is 0.250. The third kappa shape index (κ3) is 4.27. The van der Waals surface area contributed by atoms with E-state index < -0.39 is 16.1 Å². The Bertz CT molecular complexity index is 348. The predicted molar refractivity (Wildman–Crippen MR) is 66.6 cm³/mol. The Hall–Kier alpha value is -0.620. The van der Waals surface area contributed by atoms with Gasteiger partial charge in [0.15, 0.2) is 0 Å². The van der Waals surface area contributed by atoms with E-state index in [-0.39, 0.29) is 5.92 Å². The van der Waals surface area contributed by atoms with E-state index in [2.05, 4.69) is 4.72 Å². The topological polar surface area (TPSA) is 66.5 Å². The molecule has 1 amide bonds. The molecular formula is C11H22N2O3S. The maximum absolute atomic E-state index is 11.9. The molecule has 1 saturated heterocycles. The van der Waals surface area contributed by atoms with E-state index >= 15 is 0 Å². The van der Waals surface area contributed by atoms with Gasteiger partial charge in [0.05, 0.1) is 0 Å². The van der Waals surface area contributed by atoms with E-state index in [0.717, 1.165) is 25.7 Å². The lowest BCUT2D eigenvalue weighted by Gasteiger charge is -2.26. The van der Waals surface area contributed by atoms with Gasteiger partial charge in [0, 0.05) is 19.0 Å². The van der Waals surface area contributed by atoms with Crippen molar-refractivity contribution in [1.29, 1.82) is 0 Å². The first kappa shape index (κ1) is 14.4. The Morgan fingerprint density at radius 3 is 2.41 bits per heavy atom. The monoisotopic (exact) mass is 262 g/mol. The number of carbonyl (C=O) groups is 1. The molecule has 1 aliphatic heterocycles. The number of carbonyl (C=O) groups excluding carboxylic acids is 1. The first-order valence-electron chi connectivity index (χ1n) is 6.29. The van der Waals surface area contributed by atoms with Gasteiger partial charge in [-0.15, -0.1) is 0 Å². The van der Waals surface area contributed by atoms with Gasteiger partial charge in [-0.3, -0.25) is 4.79 Å². The van der Waals surface area contributed by atoms with Crippen LogP contribution in [0.25, 0.3) is 0 Å². The van der Waals surface area contributed by atoms with E-state index in [9.17, 15) is 13.2 Å². The zero-order chi connectivity index (χ0) is 12.9. The maximum Gasteiger partial charge on any atom is 0.303 e. The molecule has 1 N–H and O–H groups in total. The van der Waals surface area contributed by atoms with Gasteiger partial charge in [0.25, 0.3) is 0 Å². The molecule has 0 aromatic rings. The number of amides is 1. The normalized spacial score (nSPS) is 19.9. The average Bonchev–Trinajstić information content (AvgIpc) is 2.30. The molecule has 0 aliphatic carbocycles. The highest BCUT2D eigenvalue weighted by molar-refractivity contribution is 7.87. The fourth-order valence-electron chi connectivity index (χ4n) is 1.96. The summed E-state index contributed by atoms with van der Waals surface area (Å²) in [7, 11) is -3.61. The Labute approximate surface area is 104 Å². The minimum atomic E-state index is -3.61. The molecule has 0 spiro atoms. The number of hydrogen-bond donors (Lipinski definition) is 1. The van der Waals surface area contributed by atoms with Crippen LogP contribution < -0.4 is 4.72 Å².